The topological polar surface area (TPSA) is 29.3 Å². The second-order valence-electron chi connectivity index (χ2n) is 4.41. The van der Waals surface area contributed by atoms with E-state index in [1.807, 2.05) is 31.2 Å². The first-order chi connectivity index (χ1) is 8.65. The summed E-state index contributed by atoms with van der Waals surface area (Å²) >= 11 is 0. The van der Waals surface area contributed by atoms with Gasteiger partial charge < -0.3 is 5.01 Å². The van der Waals surface area contributed by atoms with Crippen LogP contribution >= 0.6 is 0 Å². The maximum Gasteiger partial charge on any atom is 0.123 e. The highest BCUT2D eigenvalue weighted by Crippen LogP contribution is 2.12. The normalized spacial score (nSPS) is 10.4. The van der Waals surface area contributed by atoms with Gasteiger partial charge in [0.1, 0.15) is 5.82 Å². The van der Waals surface area contributed by atoms with E-state index in [9.17, 15) is 4.39 Å². The third kappa shape index (κ3) is 3.31. The van der Waals surface area contributed by atoms with Gasteiger partial charge in [-0.1, -0.05) is 29.8 Å². The predicted molar refractivity (Wildman–Crippen MR) is 72.8 cm³/mol. The molecule has 0 aromatic heterocycles. The van der Waals surface area contributed by atoms with Crippen LogP contribution in [0.4, 0.5) is 10.1 Å². The summed E-state index contributed by atoms with van der Waals surface area (Å²) in [6.07, 6.45) is 0.796. The van der Waals surface area contributed by atoms with Gasteiger partial charge in [0.2, 0.25) is 0 Å². The molecule has 0 saturated carbocycles. The highest BCUT2D eigenvalue weighted by atomic mass is 19.1. The molecule has 0 unspecified atom stereocenters. The zero-order chi connectivity index (χ0) is 13.0. The number of hydrazine groups is 1. The first kappa shape index (κ1) is 12.6. The van der Waals surface area contributed by atoms with Crippen LogP contribution in [0.5, 0.6) is 0 Å². The Morgan fingerprint density at radius 2 is 1.61 bits per heavy atom. The average Bonchev–Trinajstić information content (AvgIpc) is 2.38. The van der Waals surface area contributed by atoms with Gasteiger partial charge >= 0.3 is 0 Å². The molecule has 2 rings (SSSR count). The van der Waals surface area contributed by atoms with Crippen molar-refractivity contribution in [2.24, 2.45) is 5.84 Å². The molecule has 2 nitrogen and oxygen atoms in total. The molecule has 0 bridgehead atoms. The molecule has 0 atom stereocenters. The van der Waals surface area contributed by atoms with E-state index in [0.29, 0.717) is 6.54 Å². The van der Waals surface area contributed by atoms with Crippen LogP contribution in [0.25, 0.3) is 0 Å². The van der Waals surface area contributed by atoms with Gasteiger partial charge in [-0.05, 0) is 43.2 Å². The van der Waals surface area contributed by atoms with Crippen molar-refractivity contribution in [3.8, 4) is 0 Å². The van der Waals surface area contributed by atoms with Crippen molar-refractivity contribution < 1.29 is 4.39 Å². The van der Waals surface area contributed by atoms with E-state index in [2.05, 4.69) is 0 Å². The van der Waals surface area contributed by atoms with Crippen LogP contribution in [0.1, 0.15) is 11.1 Å². The van der Waals surface area contributed by atoms with Gasteiger partial charge in [-0.2, -0.15) is 0 Å². The Bertz CT molecular complexity index is 491. The lowest BCUT2D eigenvalue weighted by Crippen LogP contribution is -2.32. The van der Waals surface area contributed by atoms with E-state index in [4.69, 9.17) is 5.84 Å². The molecule has 18 heavy (non-hydrogen) atoms. The molecule has 2 aromatic carbocycles. The average molecular weight is 244 g/mol. The first-order valence-corrected chi connectivity index (χ1v) is 5.98. The molecule has 0 heterocycles. The Balaban J connectivity index is 1.93. The summed E-state index contributed by atoms with van der Waals surface area (Å²) in [5.74, 6) is 5.78. The van der Waals surface area contributed by atoms with Gasteiger partial charge in [-0.3, -0.25) is 0 Å². The summed E-state index contributed by atoms with van der Waals surface area (Å²) < 4.78 is 12.8. The molecule has 0 aliphatic carbocycles. The van der Waals surface area contributed by atoms with Gasteiger partial charge in [0.15, 0.2) is 0 Å². The Labute approximate surface area is 107 Å². The fourth-order valence-electron chi connectivity index (χ4n) is 1.77. The lowest BCUT2D eigenvalue weighted by atomic mass is 10.1. The van der Waals surface area contributed by atoms with Crippen LogP contribution in [-0.4, -0.2) is 6.54 Å². The van der Waals surface area contributed by atoms with Crippen LogP contribution in [0.15, 0.2) is 48.5 Å². The fourth-order valence-corrected chi connectivity index (χ4v) is 1.77. The first-order valence-electron chi connectivity index (χ1n) is 5.98. The molecular formula is C15H17FN2. The van der Waals surface area contributed by atoms with Crippen LogP contribution in [0, 0.1) is 12.7 Å². The summed E-state index contributed by atoms with van der Waals surface area (Å²) in [7, 11) is 0. The highest BCUT2D eigenvalue weighted by molar-refractivity contribution is 5.46. The quantitative estimate of drug-likeness (QED) is 0.661. The van der Waals surface area contributed by atoms with E-state index in [0.717, 1.165) is 17.7 Å². The number of anilines is 1. The summed E-state index contributed by atoms with van der Waals surface area (Å²) in [5, 5.41) is 1.71. The smallest absolute Gasteiger partial charge is 0.123 e. The van der Waals surface area contributed by atoms with Crippen molar-refractivity contribution in [1.82, 2.24) is 0 Å². The number of hydrogen-bond acceptors (Lipinski definition) is 2. The molecule has 0 spiro atoms. The second-order valence-corrected chi connectivity index (χ2v) is 4.41. The summed E-state index contributed by atoms with van der Waals surface area (Å²) in [4.78, 5) is 0. The van der Waals surface area contributed by atoms with Crippen LogP contribution in [0.3, 0.4) is 0 Å². The molecule has 0 fully saturated rings. The minimum Gasteiger partial charge on any atom is -0.311 e. The van der Waals surface area contributed by atoms with E-state index in [1.54, 1.807) is 17.1 Å². The molecule has 0 amide bonds. The Morgan fingerprint density at radius 3 is 2.22 bits per heavy atom. The molecule has 3 heteroatoms. The standard InChI is InChI=1S/C15H17FN2/c1-12-2-8-15(9-3-12)18(17)11-10-13-4-6-14(16)7-5-13/h2-9H,10-11,17H2,1H3. The SMILES string of the molecule is Cc1ccc(N(N)CCc2ccc(F)cc2)cc1. The number of aryl methyl sites for hydroxylation is 1. The number of rotatable bonds is 4. The second kappa shape index (κ2) is 5.65. The number of nitrogens with two attached hydrogens (primary N) is 1. The van der Waals surface area contributed by atoms with Crippen molar-refractivity contribution in [3.05, 3.63) is 65.5 Å². The zero-order valence-corrected chi connectivity index (χ0v) is 10.4. The summed E-state index contributed by atoms with van der Waals surface area (Å²) in [6.45, 7) is 2.75. The van der Waals surface area contributed by atoms with E-state index < -0.39 is 0 Å². The minimum absolute atomic E-state index is 0.207. The maximum atomic E-state index is 12.8. The van der Waals surface area contributed by atoms with Crippen LogP contribution in [-0.2, 0) is 6.42 Å². The summed E-state index contributed by atoms with van der Waals surface area (Å²) in [5.41, 5.74) is 3.28. The van der Waals surface area contributed by atoms with E-state index in [1.165, 1.54) is 17.7 Å². The lowest BCUT2D eigenvalue weighted by molar-refractivity contribution is 0.627. The molecule has 0 aliphatic rings. The largest absolute Gasteiger partial charge is 0.311 e. The third-order valence-corrected chi connectivity index (χ3v) is 2.92. The number of hydrogen-bond donors (Lipinski definition) is 1. The fraction of sp³-hybridized carbons (Fsp3) is 0.200. The Hall–Kier alpha value is -1.87. The van der Waals surface area contributed by atoms with E-state index in [-0.39, 0.29) is 5.82 Å². The number of halogens is 1. The molecular weight excluding hydrogens is 227 g/mol. The molecule has 94 valence electrons. The minimum atomic E-state index is -0.207. The highest BCUT2D eigenvalue weighted by Gasteiger charge is 2.02. The molecule has 2 N–H and O–H groups in total. The number of nitrogens with zero attached hydrogens (tertiary/aromatic N) is 1. The van der Waals surface area contributed by atoms with Crippen LogP contribution < -0.4 is 10.9 Å². The van der Waals surface area contributed by atoms with Gasteiger partial charge in [0.05, 0.1) is 5.69 Å². The molecule has 0 saturated heterocycles. The monoisotopic (exact) mass is 244 g/mol. The lowest BCUT2D eigenvalue weighted by Gasteiger charge is -2.18. The summed E-state index contributed by atoms with van der Waals surface area (Å²) in [6, 6.07) is 14.6. The van der Waals surface area contributed by atoms with Gasteiger partial charge in [-0.15, -0.1) is 0 Å². The zero-order valence-electron chi connectivity index (χ0n) is 10.4. The van der Waals surface area contributed by atoms with Crippen molar-refractivity contribution in [3.63, 3.8) is 0 Å². The Kier molecular flexibility index (Phi) is 3.95. The van der Waals surface area contributed by atoms with Crippen molar-refractivity contribution in [1.29, 1.82) is 0 Å². The van der Waals surface area contributed by atoms with Crippen molar-refractivity contribution in [2.45, 2.75) is 13.3 Å². The Morgan fingerprint density at radius 1 is 1.00 bits per heavy atom. The van der Waals surface area contributed by atoms with Gasteiger partial charge in [0.25, 0.3) is 0 Å². The predicted octanol–water partition coefficient (Wildman–Crippen LogP) is 3.06. The van der Waals surface area contributed by atoms with Crippen LogP contribution in [0.2, 0.25) is 0 Å². The van der Waals surface area contributed by atoms with Gasteiger partial charge in [0, 0.05) is 6.54 Å². The third-order valence-electron chi connectivity index (χ3n) is 2.92. The molecule has 0 aliphatic heterocycles. The molecule has 2 aromatic rings. The van der Waals surface area contributed by atoms with Crippen molar-refractivity contribution >= 4 is 5.69 Å². The van der Waals surface area contributed by atoms with E-state index >= 15 is 0 Å². The van der Waals surface area contributed by atoms with Crippen molar-refractivity contribution in [2.75, 3.05) is 11.6 Å². The molecule has 0 radical (unpaired) electrons. The van der Waals surface area contributed by atoms with Gasteiger partial charge in [-0.25, -0.2) is 10.2 Å². The number of benzene rings is 2. The maximum absolute atomic E-state index is 12.8.